The van der Waals surface area contributed by atoms with Crippen molar-refractivity contribution in [2.24, 2.45) is 28.6 Å². The van der Waals surface area contributed by atoms with Crippen LogP contribution in [0.25, 0.3) is 0 Å². The van der Waals surface area contributed by atoms with Crippen LogP contribution in [0.1, 0.15) is 59.4 Å². The Balaban J connectivity index is 1.62. The molecule has 5 rings (SSSR count). The summed E-state index contributed by atoms with van der Waals surface area (Å²) in [6, 6.07) is 4.83. The number of rotatable bonds is 4. The van der Waals surface area contributed by atoms with E-state index in [-0.39, 0.29) is 34.9 Å². The molecule has 0 aromatic heterocycles. The molecule has 1 aromatic rings. The molecule has 1 spiro atoms. The highest BCUT2D eigenvalue weighted by molar-refractivity contribution is 5.96. The Hall–Kier alpha value is -2.35. The van der Waals surface area contributed by atoms with Gasteiger partial charge in [0.2, 0.25) is 5.91 Å². The Morgan fingerprint density at radius 2 is 1.76 bits per heavy atom. The number of benzene rings is 1. The zero-order valence-corrected chi connectivity index (χ0v) is 22.2. The van der Waals surface area contributed by atoms with Crippen molar-refractivity contribution in [3.05, 3.63) is 58.9 Å². The molecule has 2 saturated carbocycles. The summed E-state index contributed by atoms with van der Waals surface area (Å²) in [5.74, 6) is -1.72. The van der Waals surface area contributed by atoms with E-state index in [0.29, 0.717) is 30.4 Å². The quantitative estimate of drug-likeness (QED) is 0.465. The first-order chi connectivity index (χ1) is 17.3. The van der Waals surface area contributed by atoms with Crippen molar-refractivity contribution < 1.29 is 29.3 Å². The van der Waals surface area contributed by atoms with Crippen molar-refractivity contribution >= 4 is 11.7 Å². The van der Waals surface area contributed by atoms with Crippen LogP contribution in [0, 0.1) is 34.4 Å². The fourth-order valence-electron chi connectivity index (χ4n) is 7.55. The minimum Gasteiger partial charge on any atom is -0.392 e. The zero-order valence-electron chi connectivity index (χ0n) is 22.2. The third-order valence-corrected chi connectivity index (χ3v) is 10.4. The fourth-order valence-corrected chi connectivity index (χ4v) is 7.55. The molecule has 2 bridgehead atoms. The second-order valence-electron chi connectivity index (χ2n) is 12.6. The van der Waals surface area contributed by atoms with Gasteiger partial charge in [-0.05, 0) is 66.7 Å². The number of amides is 1. The van der Waals surface area contributed by atoms with E-state index in [0.717, 1.165) is 0 Å². The summed E-state index contributed by atoms with van der Waals surface area (Å²) in [6.07, 6.45) is 3.69. The Morgan fingerprint density at radius 1 is 1.14 bits per heavy atom. The Kier molecular flexibility index (Phi) is 5.91. The van der Waals surface area contributed by atoms with Crippen molar-refractivity contribution in [2.75, 3.05) is 6.61 Å². The van der Waals surface area contributed by atoms with Gasteiger partial charge in [-0.25, -0.2) is 4.39 Å². The predicted octanol–water partition coefficient (Wildman–Crippen LogP) is 3.20. The third-order valence-electron chi connectivity index (χ3n) is 10.4. The summed E-state index contributed by atoms with van der Waals surface area (Å²) in [4.78, 5) is 28.2. The molecule has 4 aliphatic carbocycles. The van der Waals surface area contributed by atoms with Crippen LogP contribution < -0.4 is 5.32 Å². The molecule has 6 unspecified atom stereocenters. The first-order valence-corrected chi connectivity index (χ1v) is 13.3. The lowest BCUT2D eigenvalue weighted by Gasteiger charge is -2.49. The lowest BCUT2D eigenvalue weighted by atomic mass is 9.59. The summed E-state index contributed by atoms with van der Waals surface area (Å²) in [6.45, 7) is 9.35. The molecule has 37 heavy (non-hydrogen) atoms. The molecule has 4 N–H and O–H groups in total. The number of aliphatic hydroxyl groups is 3. The van der Waals surface area contributed by atoms with E-state index in [1.807, 2.05) is 20.8 Å². The summed E-state index contributed by atoms with van der Waals surface area (Å²) in [5.41, 5.74) is -3.34. The van der Waals surface area contributed by atoms with Crippen LogP contribution in [0.15, 0.2) is 47.6 Å². The number of ketones is 1. The maximum absolute atomic E-state index is 14.5. The van der Waals surface area contributed by atoms with E-state index in [4.69, 9.17) is 0 Å². The van der Waals surface area contributed by atoms with Gasteiger partial charge in [-0.3, -0.25) is 9.59 Å². The number of hydrogen-bond acceptors (Lipinski definition) is 5. The smallest absolute Gasteiger partial charge is 0.231 e. The molecule has 1 aromatic carbocycles. The number of fused-ring (bicyclic) bond motifs is 1. The third kappa shape index (κ3) is 3.33. The molecule has 200 valence electrons. The van der Waals surface area contributed by atoms with E-state index in [2.05, 4.69) is 12.2 Å². The first kappa shape index (κ1) is 26.3. The summed E-state index contributed by atoms with van der Waals surface area (Å²) >= 11 is 0. The van der Waals surface area contributed by atoms with E-state index in [1.54, 1.807) is 31.2 Å². The molecule has 4 aliphatic rings. The van der Waals surface area contributed by atoms with Gasteiger partial charge < -0.3 is 20.6 Å². The molecule has 0 heterocycles. The van der Waals surface area contributed by atoms with Crippen molar-refractivity contribution in [3.8, 4) is 0 Å². The maximum Gasteiger partial charge on any atom is 0.231 e. The van der Waals surface area contributed by atoms with Crippen LogP contribution in [0.3, 0.4) is 0 Å². The number of carbonyl (C=O) groups is 2. The van der Waals surface area contributed by atoms with Gasteiger partial charge in [-0.1, -0.05) is 57.6 Å². The molecule has 0 aliphatic heterocycles. The number of Topliss-reactive ketones (excluding diaryl/α,β-unsaturated/α-hetero) is 1. The second kappa shape index (κ2) is 8.32. The highest BCUT2D eigenvalue weighted by Crippen LogP contribution is 2.62. The standard InChI is InChI=1S/C30H38FNO5/c1-16-14-29-18(3)12-17(2)27(4,5)22(25(29)35)13-19(15-33)24(34)30(29,37)23(16)32-26(36)28(10-11-28)20-6-8-21(31)9-7-20/h6-9,13-14,17-18,22-24,33-34,37H,10-12,15H2,1-5H3,(H,32,36)/t17?,18-,22?,23?,24?,29?,30?/m1/s1. The highest BCUT2D eigenvalue weighted by atomic mass is 19.1. The van der Waals surface area contributed by atoms with Gasteiger partial charge in [0.25, 0.3) is 0 Å². The normalized spacial score (nSPS) is 39.6. The van der Waals surface area contributed by atoms with Crippen molar-refractivity contribution in [2.45, 2.75) is 77.0 Å². The molecular formula is C30H38FNO5. The molecule has 0 saturated heterocycles. The lowest BCUT2D eigenvalue weighted by Crippen LogP contribution is -2.68. The van der Waals surface area contributed by atoms with Crippen molar-refractivity contribution in [3.63, 3.8) is 0 Å². The van der Waals surface area contributed by atoms with Crippen molar-refractivity contribution in [1.82, 2.24) is 5.32 Å². The van der Waals surface area contributed by atoms with Crippen LogP contribution in [0.2, 0.25) is 0 Å². The van der Waals surface area contributed by atoms with Crippen LogP contribution in [0.5, 0.6) is 0 Å². The largest absolute Gasteiger partial charge is 0.392 e. The van der Waals surface area contributed by atoms with Crippen LogP contribution >= 0.6 is 0 Å². The number of aliphatic hydroxyl groups excluding tert-OH is 2. The van der Waals surface area contributed by atoms with Gasteiger partial charge in [0.1, 0.15) is 17.5 Å². The van der Waals surface area contributed by atoms with Crippen LogP contribution in [-0.2, 0) is 15.0 Å². The average Bonchev–Trinajstić information content (AvgIpc) is 3.63. The minimum absolute atomic E-state index is 0.127. The van der Waals surface area contributed by atoms with Gasteiger partial charge >= 0.3 is 0 Å². The zero-order chi connectivity index (χ0) is 27.1. The molecule has 6 nitrogen and oxygen atoms in total. The van der Waals surface area contributed by atoms with Gasteiger partial charge in [-0.15, -0.1) is 0 Å². The summed E-state index contributed by atoms with van der Waals surface area (Å²) in [7, 11) is 0. The molecule has 0 radical (unpaired) electrons. The number of halogens is 1. The first-order valence-electron chi connectivity index (χ1n) is 13.3. The van der Waals surface area contributed by atoms with Gasteiger partial charge in [-0.2, -0.15) is 0 Å². The summed E-state index contributed by atoms with van der Waals surface area (Å²) < 4.78 is 13.5. The van der Waals surface area contributed by atoms with Crippen LogP contribution in [-0.4, -0.2) is 51.4 Å². The second-order valence-corrected chi connectivity index (χ2v) is 12.6. The molecule has 2 fully saturated rings. The average molecular weight is 512 g/mol. The molecule has 7 heteroatoms. The van der Waals surface area contributed by atoms with E-state index < -0.39 is 46.5 Å². The SMILES string of the molecule is CC1=CC23C(=O)C(C=C(CO)C(O)C2(O)C1NC(=O)C1(c2ccc(F)cc2)CC1)C(C)(C)C(C)C[C@H]3C. The van der Waals surface area contributed by atoms with E-state index in [1.165, 1.54) is 12.1 Å². The van der Waals surface area contributed by atoms with Crippen molar-refractivity contribution in [1.29, 1.82) is 0 Å². The Labute approximate surface area is 217 Å². The topological polar surface area (TPSA) is 107 Å². The Bertz CT molecular complexity index is 1200. The Morgan fingerprint density at radius 3 is 2.32 bits per heavy atom. The van der Waals surface area contributed by atoms with E-state index in [9.17, 15) is 29.3 Å². The number of carbonyl (C=O) groups excluding carboxylic acids is 2. The van der Waals surface area contributed by atoms with Gasteiger partial charge in [0, 0.05) is 5.92 Å². The van der Waals surface area contributed by atoms with Gasteiger partial charge in [0.05, 0.1) is 23.5 Å². The van der Waals surface area contributed by atoms with Crippen LogP contribution in [0.4, 0.5) is 4.39 Å². The molecule has 7 atom stereocenters. The number of hydrogen-bond donors (Lipinski definition) is 4. The maximum atomic E-state index is 14.5. The van der Waals surface area contributed by atoms with E-state index >= 15 is 0 Å². The highest BCUT2D eigenvalue weighted by Gasteiger charge is 2.72. The molecule has 1 amide bonds. The van der Waals surface area contributed by atoms with Gasteiger partial charge in [0.15, 0.2) is 5.78 Å². The lowest BCUT2D eigenvalue weighted by molar-refractivity contribution is -0.171. The number of nitrogens with one attached hydrogen (secondary N) is 1. The monoisotopic (exact) mass is 511 g/mol. The number of allylic oxidation sites excluding steroid dienone is 1. The minimum atomic E-state index is -2.08. The fraction of sp³-hybridized carbons (Fsp3) is 0.600. The predicted molar refractivity (Wildman–Crippen MR) is 137 cm³/mol. The molecular weight excluding hydrogens is 473 g/mol. The summed E-state index contributed by atoms with van der Waals surface area (Å²) in [5, 5.41) is 37.6.